The van der Waals surface area contributed by atoms with Crippen LogP contribution in [0.2, 0.25) is 5.02 Å². The molecule has 2 aliphatic rings. The van der Waals surface area contributed by atoms with Crippen LogP contribution in [-0.2, 0) is 16.2 Å². The van der Waals surface area contributed by atoms with Gasteiger partial charge in [-0.05, 0) is 51.1 Å². The number of sulfonamides is 1. The van der Waals surface area contributed by atoms with Gasteiger partial charge < -0.3 is 9.80 Å². The van der Waals surface area contributed by atoms with E-state index in [1.54, 1.807) is 25.7 Å². The minimum atomic E-state index is -4.61. The van der Waals surface area contributed by atoms with E-state index >= 15 is 0 Å². The first-order valence-electron chi connectivity index (χ1n) is 15.6. The largest absolute Gasteiger partial charge is 0.417 e. The Morgan fingerprint density at radius 3 is 2.04 bits per heavy atom. The number of hydrogen-bond donors (Lipinski definition) is 0. The van der Waals surface area contributed by atoms with E-state index in [4.69, 9.17) is 27.8 Å². The first-order valence-corrected chi connectivity index (χ1v) is 17.7. The second kappa shape index (κ2) is 16.5. The molecule has 2 fully saturated rings. The van der Waals surface area contributed by atoms with Crippen molar-refractivity contribution >= 4 is 43.8 Å². The highest BCUT2D eigenvalue weighted by atomic mass is 35.5. The maximum Gasteiger partial charge on any atom is 0.417 e. The van der Waals surface area contributed by atoms with Gasteiger partial charge in [-0.3, -0.25) is 4.90 Å². The van der Waals surface area contributed by atoms with Crippen LogP contribution in [0.1, 0.15) is 51.6 Å². The molecule has 9 nitrogen and oxygen atoms in total. The van der Waals surface area contributed by atoms with Crippen molar-refractivity contribution in [1.29, 1.82) is 0 Å². The third-order valence-electron chi connectivity index (χ3n) is 8.24. The van der Waals surface area contributed by atoms with Gasteiger partial charge in [0, 0.05) is 74.8 Å². The van der Waals surface area contributed by atoms with Crippen molar-refractivity contribution in [3.63, 3.8) is 0 Å². The van der Waals surface area contributed by atoms with Crippen LogP contribution in [0.5, 0.6) is 0 Å². The molecule has 0 aliphatic carbocycles. The smallest absolute Gasteiger partial charge is 0.370 e. The van der Waals surface area contributed by atoms with Crippen molar-refractivity contribution in [3.8, 4) is 0 Å². The van der Waals surface area contributed by atoms with E-state index in [0.29, 0.717) is 37.6 Å². The van der Waals surface area contributed by atoms with Crippen molar-refractivity contribution < 1.29 is 39.4 Å². The van der Waals surface area contributed by atoms with Crippen molar-refractivity contribution in [3.05, 3.63) is 68.6 Å². The number of aryl methyl sites for hydroxylation is 1. The number of allylic oxidation sites excluding steroid dienone is 4. The molecule has 1 aromatic heterocycles. The van der Waals surface area contributed by atoms with Gasteiger partial charge in [0.05, 0.1) is 16.2 Å². The van der Waals surface area contributed by atoms with Crippen molar-refractivity contribution in [1.82, 2.24) is 24.4 Å². The Hall–Kier alpha value is -2.79. The van der Waals surface area contributed by atoms with E-state index in [2.05, 4.69) is 10.3 Å². The van der Waals surface area contributed by atoms with E-state index < -0.39 is 44.6 Å². The Morgan fingerprint density at radius 2 is 1.55 bits per heavy atom. The summed E-state index contributed by atoms with van der Waals surface area (Å²) in [6, 6.07) is 3.28. The standard InChI is InChI=1S/C29H34Cl2F6N6O3S.C2H6/c1-18(5-7-23(19(2)30)28(32,33)34)40-13-15-43(16-14-40)47(44,45)27(26-20(3)38-46-39-26)21(4)41-9-11-42(12-10-41)22-6-8-25(31)24(17-22)29(35,36)37;1-2/h5-8,17-18H,9-16H2,1-4H3;1-2H3/b7-5?,23-19-,27-21-;. The second-order valence-electron chi connectivity index (χ2n) is 11.2. The zero-order chi connectivity index (χ0) is 36.9. The fraction of sp³-hybridized carbons (Fsp3) is 0.548. The van der Waals surface area contributed by atoms with E-state index in [-0.39, 0.29) is 47.5 Å². The van der Waals surface area contributed by atoms with Crippen LogP contribution >= 0.6 is 23.2 Å². The predicted octanol–water partition coefficient (Wildman–Crippen LogP) is 7.55. The van der Waals surface area contributed by atoms with Gasteiger partial charge in [0.25, 0.3) is 0 Å². The van der Waals surface area contributed by atoms with Gasteiger partial charge in [0.1, 0.15) is 10.6 Å². The molecule has 2 saturated heterocycles. The minimum Gasteiger partial charge on any atom is -0.370 e. The van der Waals surface area contributed by atoms with Gasteiger partial charge >= 0.3 is 12.4 Å². The van der Waals surface area contributed by atoms with Gasteiger partial charge in [-0.15, -0.1) is 0 Å². The van der Waals surface area contributed by atoms with Gasteiger partial charge in [-0.25, -0.2) is 13.0 Å². The predicted molar refractivity (Wildman–Crippen MR) is 178 cm³/mol. The number of rotatable bonds is 8. The van der Waals surface area contributed by atoms with Crippen LogP contribution < -0.4 is 4.90 Å². The van der Waals surface area contributed by atoms with Gasteiger partial charge in [-0.1, -0.05) is 54.4 Å². The molecule has 274 valence electrons. The zero-order valence-electron chi connectivity index (χ0n) is 28.0. The van der Waals surface area contributed by atoms with E-state index in [1.807, 2.05) is 23.6 Å². The Bertz CT molecular complexity index is 1640. The highest BCUT2D eigenvalue weighted by Crippen LogP contribution is 2.38. The summed E-state index contributed by atoms with van der Waals surface area (Å²) in [6.45, 7) is 11.9. The second-order valence-corrected chi connectivity index (χ2v) is 14.1. The number of anilines is 1. The van der Waals surface area contributed by atoms with Gasteiger partial charge in [0.2, 0.25) is 10.0 Å². The summed E-state index contributed by atoms with van der Waals surface area (Å²) in [5.74, 6) is 0. The summed E-state index contributed by atoms with van der Waals surface area (Å²) >= 11 is 11.4. The van der Waals surface area contributed by atoms with Crippen LogP contribution in [0.3, 0.4) is 0 Å². The molecule has 0 N–H and O–H groups in total. The number of nitrogens with zero attached hydrogens (tertiary/aromatic N) is 6. The maximum absolute atomic E-state index is 14.2. The van der Waals surface area contributed by atoms with Crippen LogP contribution in [0.4, 0.5) is 32.0 Å². The number of piperazine rings is 2. The van der Waals surface area contributed by atoms with Gasteiger partial charge in [0.15, 0.2) is 5.69 Å². The summed E-state index contributed by atoms with van der Waals surface area (Å²) in [4.78, 5) is 5.35. The zero-order valence-corrected chi connectivity index (χ0v) is 30.3. The van der Waals surface area contributed by atoms with Crippen LogP contribution in [0, 0.1) is 6.92 Å². The van der Waals surface area contributed by atoms with Crippen molar-refractivity contribution in [2.24, 2.45) is 0 Å². The summed E-state index contributed by atoms with van der Waals surface area (Å²) in [5, 5.41) is 6.87. The molecule has 1 unspecified atom stereocenters. The molecule has 0 spiro atoms. The van der Waals surface area contributed by atoms with E-state index in [1.165, 1.54) is 22.5 Å². The first kappa shape index (κ1) is 40.6. The molecule has 1 aromatic carbocycles. The Morgan fingerprint density at radius 1 is 0.959 bits per heavy atom. The lowest BCUT2D eigenvalue weighted by atomic mass is 10.1. The number of benzene rings is 1. The van der Waals surface area contributed by atoms with Crippen LogP contribution in [0.15, 0.2) is 51.3 Å². The lowest BCUT2D eigenvalue weighted by Crippen LogP contribution is -2.51. The lowest BCUT2D eigenvalue weighted by Gasteiger charge is -2.40. The summed E-state index contributed by atoms with van der Waals surface area (Å²) in [6.07, 6.45) is -6.91. The molecular weight excluding hydrogens is 721 g/mol. The average molecular weight is 762 g/mol. The topological polar surface area (TPSA) is 86.0 Å². The molecule has 2 aromatic rings. The number of halogens is 8. The Labute approximate surface area is 292 Å². The number of hydrogen-bond acceptors (Lipinski definition) is 8. The van der Waals surface area contributed by atoms with Crippen LogP contribution in [0.25, 0.3) is 4.91 Å². The molecule has 4 rings (SSSR count). The molecular formula is C31H40Cl2F6N6O3S. The molecule has 1 atom stereocenters. The fourth-order valence-electron chi connectivity index (χ4n) is 5.53. The molecule has 49 heavy (non-hydrogen) atoms. The number of alkyl halides is 6. The molecule has 0 bridgehead atoms. The molecule has 18 heteroatoms. The Balaban J connectivity index is 0.00000319. The summed E-state index contributed by atoms with van der Waals surface area (Å²) in [5.41, 5.74) is -0.873. The molecule has 0 amide bonds. The van der Waals surface area contributed by atoms with Crippen LogP contribution in [-0.4, -0.2) is 97.4 Å². The summed E-state index contributed by atoms with van der Waals surface area (Å²) in [7, 11) is -4.18. The summed E-state index contributed by atoms with van der Waals surface area (Å²) < 4.78 is 115. The lowest BCUT2D eigenvalue weighted by molar-refractivity contribution is -0.137. The fourth-order valence-corrected chi connectivity index (χ4v) is 7.76. The SMILES string of the molecule is C/C(Cl)=C(\C=CC(C)N1CCN(S(=O)(=O)/C(=C(/C)N2CCN(c3ccc(Cl)c(C(F)(F)F)c3)CC2)c2nonc2C)CC1)C(F)(F)F.CC. The highest BCUT2D eigenvalue weighted by molar-refractivity contribution is 7.98. The van der Waals surface area contributed by atoms with E-state index in [0.717, 1.165) is 19.1 Å². The third-order valence-corrected chi connectivity index (χ3v) is 10.8. The minimum absolute atomic E-state index is 0.0408. The van der Waals surface area contributed by atoms with E-state index in [9.17, 15) is 34.8 Å². The normalized spacial score (nSPS) is 19.0. The quantitative estimate of drug-likeness (QED) is 0.202. The van der Waals surface area contributed by atoms with Gasteiger partial charge in [-0.2, -0.15) is 30.6 Å². The highest BCUT2D eigenvalue weighted by Gasteiger charge is 2.38. The molecule has 3 heterocycles. The van der Waals surface area contributed by atoms with Crippen molar-refractivity contribution in [2.45, 2.75) is 59.9 Å². The monoisotopic (exact) mass is 760 g/mol. The first-order chi connectivity index (χ1) is 22.8. The Kier molecular flexibility index (Phi) is 13.7. The maximum atomic E-state index is 14.2. The number of aromatic nitrogens is 2. The molecule has 0 saturated carbocycles. The molecule has 0 radical (unpaired) electrons. The third kappa shape index (κ3) is 9.72. The molecule has 2 aliphatic heterocycles. The van der Waals surface area contributed by atoms with Crippen molar-refractivity contribution in [2.75, 3.05) is 57.3 Å². The average Bonchev–Trinajstić information content (AvgIpc) is 3.45.